The third-order valence-electron chi connectivity index (χ3n) is 4.37. The maximum atomic E-state index is 12.8. The highest BCUT2D eigenvalue weighted by molar-refractivity contribution is 5.35. The van der Waals surface area contributed by atoms with Crippen molar-refractivity contribution in [1.82, 2.24) is 9.36 Å². The molecule has 1 aromatic heterocycles. The molecule has 1 aliphatic carbocycles. The summed E-state index contributed by atoms with van der Waals surface area (Å²) >= 11 is 0. The van der Waals surface area contributed by atoms with Crippen molar-refractivity contribution < 1.29 is 0 Å². The van der Waals surface area contributed by atoms with Crippen LogP contribution in [0.1, 0.15) is 23.2 Å². The highest BCUT2D eigenvalue weighted by Gasteiger charge is 2.24. The zero-order chi connectivity index (χ0) is 14.9. The Labute approximate surface area is 129 Å². The lowest BCUT2D eigenvalue weighted by atomic mass is 10.2. The standard InChI is InChI=1S/C19H18N2O/c22-19-17-12-7-13-18(17)20(14-15-8-3-1-4-9-15)21(19)16-10-5-2-6-11-16/h1-6,8-11H,7,12-14H2. The molecule has 0 fully saturated rings. The van der Waals surface area contributed by atoms with E-state index in [4.69, 9.17) is 0 Å². The zero-order valence-corrected chi connectivity index (χ0v) is 12.4. The molecule has 1 aliphatic rings. The average molecular weight is 290 g/mol. The lowest BCUT2D eigenvalue weighted by molar-refractivity contribution is 0.563. The van der Waals surface area contributed by atoms with Gasteiger partial charge in [0.2, 0.25) is 0 Å². The van der Waals surface area contributed by atoms with Gasteiger partial charge in [0.15, 0.2) is 0 Å². The zero-order valence-electron chi connectivity index (χ0n) is 12.4. The Bertz CT molecular complexity index is 844. The van der Waals surface area contributed by atoms with Crippen molar-refractivity contribution in [3.8, 4) is 5.69 Å². The molecule has 0 aliphatic heterocycles. The summed E-state index contributed by atoms with van der Waals surface area (Å²) in [5.41, 5.74) is 4.52. The van der Waals surface area contributed by atoms with Gasteiger partial charge in [-0.15, -0.1) is 0 Å². The van der Waals surface area contributed by atoms with Crippen molar-refractivity contribution in [3.63, 3.8) is 0 Å². The van der Waals surface area contributed by atoms with E-state index in [2.05, 4.69) is 16.8 Å². The van der Waals surface area contributed by atoms with E-state index >= 15 is 0 Å². The molecule has 0 N–H and O–H groups in total. The second kappa shape index (κ2) is 5.34. The number of hydrogen-bond donors (Lipinski definition) is 0. The highest BCUT2D eigenvalue weighted by Crippen LogP contribution is 2.22. The van der Waals surface area contributed by atoms with Crippen LogP contribution in [0.15, 0.2) is 65.5 Å². The normalized spacial score (nSPS) is 13.3. The van der Waals surface area contributed by atoms with Crippen molar-refractivity contribution in [2.75, 3.05) is 0 Å². The maximum Gasteiger partial charge on any atom is 0.274 e. The minimum Gasteiger partial charge on any atom is -0.277 e. The van der Waals surface area contributed by atoms with Crippen LogP contribution in [0.3, 0.4) is 0 Å². The van der Waals surface area contributed by atoms with Crippen LogP contribution < -0.4 is 5.56 Å². The number of nitrogens with zero attached hydrogens (tertiary/aromatic N) is 2. The van der Waals surface area contributed by atoms with Gasteiger partial charge in [-0.2, -0.15) is 0 Å². The number of aromatic nitrogens is 2. The summed E-state index contributed by atoms with van der Waals surface area (Å²) in [7, 11) is 0. The highest BCUT2D eigenvalue weighted by atomic mass is 16.1. The Morgan fingerprint density at radius 3 is 2.27 bits per heavy atom. The fourth-order valence-corrected chi connectivity index (χ4v) is 3.35. The number of para-hydroxylation sites is 1. The van der Waals surface area contributed by atoms with Crippen LogP contribution in [-0.4, -0.2) is 9.36 Å². The van der Waals surface area contributed by atoms with Gasteiger partial charge < -0.3 is 0 Å². The van der Waals surface area contributed by atoms with Gasteiger partial charge in [0.25, 0.3) is 5.56 Å². The van der Waals surface area contributed by atoms with E-state index in [1.165, 1.54) is 11.3 Å². The molecule has 0 unspecified atom stereocenters. The largest absolute Gasteiger partial charge is 0.277 e. The van der Waals surface area contributed by atoms with E-state index in [1.807, 2.05) is 53.2 Å². The minimum absolute atomic E-state index is 0.148. The van der Waals surface area contributed by atoms with Gasteiger partial charge in [-0.05, 0) is 37.0 Å². The molecule has 0 saturated carbocycles. The molecule has 0 spiro atoms. The first kappa shape index (κ1) is 13.1. The van der Waals surface area contributed by atoms with Crippen LogP contribution in [0.5, 0.6) is 0 Å². The first-order valence-electron chi connectivity index (χ1n) is 7.77. The quantitative estimate of drug-likeness (QED) is 0.728. The van der Waals surface area contributed by atoms with Crippen LogP contribution in [0.4, 0.5) is 0 Å². The van der Waals surface area contributed by atoms with Crippen molar-refractivity contribution in [1.29, 1.82) is 0 Å². The number of benzene rings is 2. The predicted octanol–water partition coefficient (Wildman–Crippen LogP) is 3.18. The van der Waals surface area contributed by atoms with E-state index in [0.717, 1.165) is 37.1 Å². The van der Waals surface area contributed by atoms with Gasteiger partial charge in [0.05, 0.1) is 12.2 Å². The van der Waals surface area contributed by atoms with E-state index < -0.39 is 0 Å². The first-order valence-corrected chi connectivity index (χ1v) is 7.77. The summed E-state index contributed by atoms with van der Waals surface area (Å²) in [6.45, 7) is 0.736. The Hall–Kier alpha value is -2.55. The molecule has 22 heavy (non-hydrogen) atoms. The van der Waals surface area contributed by atoms with Gasteiger partial charge in [0, 0.05) is 11.3 Å². The molecule has 4 rings (SSSR count). The Morgan fingerprint density at radius 1 is 0.864 bits per heavy atom. The topological polar surface area (TPSA) is 26.9 Å². The average Bonchev–Trinajstić information content (AvgIpc) is 3.13. The molecule has 0 radical (unpaired) electrons. The van der Waals surface area contributed by atoms with E-state index in [1.54, 1.807) is 0 Å². The summed E-state index contributed by atoms with van der Waals surface area (Å²) in [5, 5.41) is 0. The molecule has 0 bridgehead atoms. The molecule has 2 aromatic carbocycles. The Kier molecular flexibility index (Phi) is 3.19. The summed E-state index contributed by atoms with van der Waals surface area (Å²) in [4.78, 5) is 12.8. The van der Waals surface area contributed by atoms with E-state index in [9.17, 15) is 4.79 Å². The molecular formula is C19H18N2O. The van der Waals surface area contributed by atoms with Crippen molar-refractivity contribution >= 4 is 0 Å². The van der Waals surface area contributed by atoms with Gasteiger partial charge >= 0.3 is 0 Å². The van der Waals surface area contributed by atoms with Crippen molar-refractivity contribution in [2.24, 2.45) is 0 Å². The maximum absolute atomic E-state index is 12.8. The van der Waals surface area contributed by atoms with Gasteiger partial charge in [-0.25, -0.2) is 4.68 Å². The van der Waals surface area contributed by atoms with Crippen LogP contribution in [0, 0.1) is 0 Å². The number of rotatable bonds is 3. The molecule has 110 valence electrons. The summed E-state index contributed by atoms with van der Waals surface area (Å²) in [5.74, 6) is 0. The second-order valence-electron chi connectivity index (χ2n) is 5.77. The van der Waals surface area contributed by atoms with Crippen LogP contribution >= 0.6 is 0 Å². The third kappa shape index (κ3) is 2.10. The molecule has 3 aromatic rings. The van der Waals surface area contributed by atoms with Gasteiger partial charge in [-0.3, -0.25) is 9.48 Å². The molecule has 0 saturated heterocycles. The summed E-state index contributed by atoms with van der Waals surface area (Å²) in [6, 6.07) is 20.3. The van der Waals surface area contributed by atoms with Crippen molar-refractivity contribution in [2.45, 2.75) is 25.8 Å². The molecule has 0 atom stereocenters. The fourth-order valence-electron chi connectivity index (χ4n) is 3.35. The SMILES string of the molecule is O=c1c2c(n(Cc3ccccc3)n1-c1ccccc1)CCC2. The summed E-state index contributed by atoms with van der Waals surface area (Å²) < 4.78 is 4.01. The molecule has 0 amide bonds. The number of hydrogen-bond acceptors (Lipinski definition) is 1. The monoisotopic (exact) mass is 290 g/mol. The molecule has 3 nitrogen and oxygen atoms in total. The molecule has 3 heteroatoms. The first-order chi connectivity index (χ1) is 10.8. The minimum atomic E-state index is 0.148. The lowest BCUT2D eigenvalue weighted by Crippen LogP contribution is -2.23. The third-order valence-corrected chi connectivity index (χ3v) is 4.37. The van der Waals surface area contributed by atoms with E-state index in [-0.39, 0.29) is 5.56 Å². The Balaban J connectivity index is 1.89. The Morgan fingerprint density at radius 2 is 1.55 bits per heavy atom. The second-order valence-corrected chi connectivity index (χ2v) is 5.77. The molecule has 1 heterocycles. The lowest BCUT2D eigenvalue weighted by Gasteiger charge is -2.14. The van der Waals surface area contributed by atoms with Crippen molar-refractivity contribution in [3.05, 3.63) is 87.8 Å². The predicted molar refractivity (Wildman–Crippen MR) is 87.6 cm³/mol. The van der Waals surface area contributed by atoms with Crippen LogP contribution in [-0.2, 0) is 19.4 Å². The molecular weight excluding hydrogens is 272 g/mol. The van der Waals surface area contributed by atoms with E-state index in [0.29, 0.717) is 0 Å². The summed E-state index contributed by atoms with van der Waals surface area (Å²) in [6.07, 6.45) is 2.99. The van der Waals surface area contributed by atoms with Crippen LogP contribution in [0.2, 0.25) is 0 Å². The number of fused-ring (bicyclic) bond motifs is 1. The van der Waals surface area contributed by atoms with Gasteiger partial charge in [0.1, 0.15) is 0 Å². The van der Waals surface area contributed by atoms with Gasteiger partial charge in [-0.1, -0.05) is 48.5 Å². The fraction of sp³-hybridized carbons (Fsp3) is 0.211. The van der Waals surface area contributed by atoms with Crippen LogP contribution in [0.25, 0.3) is 5.69 Å². The smallest absolute Gasteiger partial charge is 0.274 e.